The zero-order valence-corrected chi connectivity index (χ0v) is 15.2. The first kappa shape index (κ1) is 18.3. The van der Waals surface area contributed by atoms with Crippen molar-refractivity contribution in [3.05, 3.63) is 35.9 Å². The zero-order chi connectivity index (χ0) is 17.9. The molecule has 0 saturated carbocycles. The fourth-order valence-electron chi connectivity index (χ4n) is 2.99. The number of carbonyl (C=O) groups is 2. The van der Waals surface area contributed by atoms with Gasteiger partial charge in [-0.1, -0.05) is 30.3 Å². The number of amides is 2. The molecule has 0 radical (unpaired) electrons. The van der Waals surface area contributed by atoms with Gasteiger partial charge in [0.1, 0.15) is 5.60 Å². The fraction of sp³-hybridized carbons (Fsp3) is 0.579. The summed E-state index contributed by atoms with van der Waals surface area (Å²) in [7, 11) is 0. The summed E-state index contributed by atoms with van der Waals surface area (Å²) in [6.07, 6.45) is 0.0192. The van der Waals surface area contributed by atoms with E-state index in [1.807, 2.05) is 69.9 Å². The molecule has 0 unspecified atom stereocenters. The van der Waals surface area contributed by atoms with Crippen molar-refractivity contribution in [1.82, 2.24) is 10.2 Å². The van der Waals surface area contributed by atoms with E-state index < -0.39 is 11.7 Å². The Bertz CT molecular complexity index is 580. The monoisotopic (exact) mass is 332 g/mol. The van der Waals surface area contributed by atoms with Gasteiger partial charge in [-0.15, -0.1) is 0 Å². The summed E-state index contributed by atoms with van der Waals surface area (Å²) >= 11 is 0. The number of carbonyl (C=O) groups excluding carboxylic acids is 2. The van der Waals surface area contributed by atoms with Crippen LogP contribution in [0.2, 0.25) is 0 Å². The van der Waals surface area contributed by atoms with E-state index in [0.717, 1.165) is 5.56 Å². The van der Waals surface area contributed by atoms with Crippen molar-refractivity contribution in [2.75, 3.05) is 6.54 Å². The van der Waals surface area contributed by atoms with Crippen molar-refractivity contribution < 1.29 is 14.3 Å². The van der Waals surface area contributed by atoms with Crippen LogP contribution in [0.15, 0.2) is 30.3 Å². The molecular weight excluding hydrogens is 304 g/mol. The van der Waals surface area contributed by atoms with Gasteiger partial charge in [0.2, 0.25) is 5.91 Å². The molecule has 1 aliphatic heterocycles. The molecule has 1 N–H and O–H groups in total. The van der Waals surface area contributed by atoms with Crippen LogP contribution in [0.3, 0.4) is 0 Å². The van der Waals surface area contributed by atoms with Crippen LogP contribution in [0.25, 0.3) is 0 Å². The standard InChI is InChI=1S/C19H28N2O3/c1-13(20-18(23)24-19(3,4)5)16-11-17(22)21(12-16)14(2)15-9-7-6-8-10-15/h6-10,13-14,16H,11-12H2,1-5H3,(H,20,23)/t13-,14-,16+/m1/s1. The third-order valence-electron chi connectivity index (χ3n) is 4.39. The number of nitrogens with zero attached hydrogens (tertiary/aromatic N) is 1. The van der Waals surface area contributed by atoms with Crippen molar-refractivity contribution >= 4 is 12.0 Å². The van der Waals surface area contributed by atoms with Gasteiger partial charge in [-0.25, -0.2) is 4.79 Å². The number of benzene rings is 1. The number of alkyl carbamates (subject to hydrolysis) is 1. The highest BCUT2D eigenvalue weighted by atomic mass is 16.6. The second-order valence-electron chi connectivity index (χ2n) is 7.53. The zero-order valence-electron chi connectivity index (χ0n) is 15.2. The van der Waals surface area contributed by atoms with Gasteiger partial charge in [0.25, 0.3) is 0 Å². The van der Waals surface area contributed by atoms with Crippen LogP contribution in [0.5, 0.6) is 0 Å². The van der Waals surface area contributed by atoms with Crippen molar-refractivity contribution in [2.45, 2.75) is 58.7 Å². The van der Waals surface area contributed by atoms with E-state index in [0.29, 0.717) is 13.0 Å². The summed E-state index contributed by atoms with van der Waals surface area (Å²) in [5.74, 6) is 0.227. The molecule has 0 aliphatic carbocycles. The van der Waals surface area contributed by atoms with Gasteiger partial charge in [-0.05, 0) is 40.2 Å². The Kier molecular flexibility index (Phi) is 5.52. The van der Waals surface area contributed by atoms with Crippen molar-refractivity contribution in [3.63, 3.8) is 0 Å². The SMILES string of the molecule is C[C@H](c1ccccc1)N1C[C@@H]([C@@H](C)NC(=O)OC(C)(C)C)CC1=O. The van der Waals surface area contributed by atoms with Crippen molar-refractivity contribution in [2.24, 2.45) is 5.92 Å². The third-order valence-corrected chi connectivity index (χ3v) is 4.39. The van der Waals surface area contributed by atoms with E-state index in [9.17, 15) is 9.59 Å². The molecule has 24 heavy (non-hydrogen) atoms. The Labute approximate surface area is 144 Å². The van der Waals surface area contributed by atoms with Gasteiger partial charge < -0.3 is 15.0 Å². The van der Waals surface area contributed by atoms with E-state index in [1.165, 1.54) is 0 Å². The second kappa shape index (κ2) is 7.24. The Morgan fingerprint density at radius 2 is 1.88 bits per heavy atom. The maximum atomic E-state index is 12.4. The van der Waals surface area contributed by atoms with E-state index in [1.54, 1.807) is 0 Å². The lowest BCUT2D eigenvalue weighted by Gasteiger charge is -2.27. The molecule has 2 rings (SSSR count). The predicted molar refractivity (Wildman–Crippen MR) is 93.5 cm³/mol. The topological polar surface area (TPSA) is 58.6 Å². The largest absolute Gasteiger partial charge is 0.444 e. The Balaban J connectivity index is 1.95. The normalized spacial score (nSPS) is 20.6. The minimum Gasteiger partial charge on any atom is -0.444 e. The quantitative estimate of drug-likeness (QED) is 0.918. The molecule has 3 atom stereocenters. The molecule has 5 nitrogen and oxygen atoms in total. The molecule has 1 fully saturated rings. The lowest BCUT2D eigenvalue weighted by atomic mass is 10.0. The van der Waals surface area contributed by atoms with Crippen LogP contribution in [0.1, 0.15) is 52.6 Å². The van der Waals surface area contributed by atoms with Crippen LogP contribution in [-0.2, 0) is 9.53 Å². The molecule has 2 amide bonds. The molecule has 1 saturated heterocycles. The van der Waals surface area contributed by atoms with Gasteiger partial charge in [0.05, 0.1) is 6.04 Å². The summed E-state index contributed by atoms with van der Waals surface area (Å²) in [6, 6.07) is 9.93. The first-order valence-corrected chi connectivity index (χ1v) is 8.51. The highest BCUT2D eigenvalue weighted by Gasteiger charge is 2.36. The molecule has 0 bridgehead atoms. The lowest BCUT2D eigenvalue weighted by molar-refractivity contribution is -0.129. The third kappa shape index (κ3) is 4.73. The Morgan fingerprint density at radius 3 is 2.46 bits per heavy atom. The summed E-state index contributed by atoms with van der Waals surface area (Å²) in [6.45, 7) is 10.1. The molecule has 0 spiro atoms. The average Bonchev–Trinajstić information content (AvgIpc) is 2.87. The Hall–Kier alpha value is -2.04. The molecule has 1 heterocycles. The number of hydrogen-bond acceptors (Lipinski definition) is 3. The summed E-state index contributed by atoms with van der Waals surface area (Å²) < 4.78 is 5.29. The van der Waals surface area contributed by atoms with Gasteiger partial charge in [-0.3, -0.25) is 4.79 Å². The molecule has 1 aliphatic rings. The summed E-state index contributed by atoms with van der Waals surface area (Å²) in [5.41, 5.74) is 0.600. The molecule has 0 aromatic heterocycles. The highest BCUT2D eigenvalue weighted by molar-refractivity contribution is 5.79. The van der Waals surface area contributed by atoms with Gasteiger partial charge in [-0.2, -0.15) is 0 Å². The van der Waals surface area contributed by atoms with Gasteiger partial charge >= 0.3 is 6.09 Å². The molecule has 1 aromatic rings. The predicted octanol–water partition coefficient (Wildman–Crippen LogP) is 3.51. The Morgan fingerprint density at radius 1 is 1.25 bits per heavy atom. The van der Waals surface area contributed by atoms with E-state index in [2.05, 4.69) is 5.32 Å². The average molecular weight is 332 g/mol. The van der Waals surface area contributed by atoms with Crippen LogP contribution < -0.4 is 5.32 Å². The fourth-order valence-corrected chi connectivity index (χ4v) is 2.99. The van der Waals surface area contributed by atoms with Crippen LogP contribution in [0, 0.1) is 5.92 Å². The van der Waals surface area contributed by atoms with Gasteiger partial charge in [0, 0.05) is 24.9 Å². The van der Waals surface area contributed by atoms with Crippen molar-refractivity contribution in [1.29, 1.82) is 0 Å². The molecule has 132 valence electrons. The minimum absolute atomic E-state index is 0.0393. The first-order chi connectivity index (χ1) is 11.2. The number of ether oxygens (including phenoxy) is 1. The smallest absolute Gasteiger partial charge is 0.407 e. The molecule has 5 heteroatoms. The van der Waals surface area contributed by atoms with E-state index in [4.69, 9.17) is 4.74 Å². The summed E-state index contributed by atoms with van der Waals surface area (Å²) in [4.78, 5) is 26.2. The van der Waals surface area contributed by atoms with Gasteiger partial charge in [0.15, 0.2) is 0 Å². The lowest BCUT2D eigenvalue weighted by Crippen LogP contribution is -2.42. The number of nitrogens with one attached hydrogen (secondary N) is 1. The number of likely N-dealkylation sites (tertiary alicyclic amines) is 1. The maximum Gasteiger partial charge on any atom is 0.407 e. The first-order valence-electron chi connectivity index (χ1n) is 8.51. The number of hydrogen-bond donors (Lipinski definition) is 1. The van der Waals surface area contributed by atoms with Crippen molar-refractivity contribution in [3.8, 4) is 0 Å². The minimum atomic E-state index is -0.525. The molecule has 1 aromatic carbocycles. The highest BCUT2D eigenvalue weighted by Crippen LogP contribution is 2.30. The summed E-state index contributed by atoms with van der Waals surface area (Å²) in [5, 5.41) is 2.86. The van der Waals surface area contributed by atoms with Crippen LogP contribution in [-0.4, -0.2) is 35.1 Å². The van der Waals surface area contributed by atoms with E-state index in [-0.39, 0.29) is 23.9 Å². The van der Waals surface area contributed by atoms with E-state index >= 15 is 0 Å². The maximum absolute atomic E-state index is 12.4. The van der Waals surface area contributed by atoms with Crippen LogP contribution in [0.4, 0.5) is 4.79 Å². The number of rotatable bonds is 4. The van der Waals surface area contributed by atoms with Crippen LogP contribution >= 0.6 is 0 Å². The second-order valence-corrected chi connectivity index (χ2v) is 7.53. The molecular formula is C19H28N2O3.